The molecule has 0 atom stereocenters. The van der Waals surface area contributed by atoms with Crippen LogP contribution in [0.4, 0.5) is 0 Å². The summed E-state index contributed by atoms with van der Waals surface area (Å²) in [5.74, 6) is 0.227. The van der Waals surface area contributed by atoms with Crippen LogP contribution >= 0.6 is 34.8 Å². The highest BCUT2D eigenvalue weighted by atomic mass is 35.5. The van der Waals surface area contributed by atoms with Crippen LogP contribution in [0, 0.1) is 13.8 Å². The van der Waals surface area contributed by atoms with E-state index in [9.17, 15) is 4.79 Å². The third-order valence-corrected chi connectivity index (χ3v) is 5.38. The molecular weight excluding hydrogens is 431 g/mol. The summed E-state index contributed by atoms with van der Waals surface area (Å²) in [5.41, 5.74) is 3.48. The van der Waals surface area contributed by atoms with Crippen LogP contribution in [-0.2, 0) is 0 Å². The van der Waals surface area contributed by atoms with Gasteiger partial charge in [-0.2, -0.15) is 5.10 Å². The largest absolute Gasteiger partial charge is 0.305 e. The third-order valence-electron chi connectivity index (χ3n) is 4.49. The number of nitrogens with zero attached hydrogens (tertiary/aromatic N) is 3. The van der Waals surface area contributed by atoms with Gasteiger partial charge in [-0.3, -0.25) is 4.79 Å². The molecule has 0 bridgehead atoms. The molecule has 5 nitrogen and oxygen atoms in total. The van der Waals surface area contributed by atoms with Crippen molar-refractivity contribution < 1.29 is 0 Å². The Balaban J connectivity index is 1.79. The van der Waals surface area contributed by atoms with E-state index in [0.717, 1.165) is 11.3 Å². The number of rotatable bonds is 3. The van der Waals surface area contributed by atoms with Crippen molar-refractivity contribution in [1.29, 1.82) is 0 Å². The average molecular weight is 446 g/mol. The molecule has 0 saturated carbocycles. The van der Waals surface area contributed by atoms with Crippen molar-refractivity contribution in [2.24, 2.45) is 0 Å². The minimum atomic E-state index is -0.300. The molecule has 8 heteroatoms. The minimum absolute atomic E-state index is 0.227. The topological polar surface area (TPSA) is 63.6 Å². The zero-order valence-electron chi connectivity index (χ0n) is 15.5. The van der Waals surface area contributed by atoms with Gasteiger partial charge in [-0.25, -0.2) is 9.67 Å². The molecule has 0 fully saturated rings. The Kier molecular flexibility index (Phi) is 5.21. The van der Waals surface area contributed by atoms with Crippen LogP contribution in [0.5, 0.6) is 0 Å². The lowest BCUT2D eigenvalue weighted by Gasteiger charge is -2.04. The Morgan fingerprint density at radius 3 is 2.55 bits per heavy atom. The fraction of sp³-hybridized carbons (Fsp3) is 0.0952. The van der Waals surface area contributed by atoms with Crippen molar-refractivity contribution in [2.75, 3.05) is 0 Å². The van der Waals surface area contributed by atoms with Crippen LogP contribution in [0.3, 0.4) is 0 Å². The van der Waals surface area contributed by atoms with Crippen LogP contribution in [-0.4, -0.2) is 19.7 Å². The standard InChI is InChI=1S/C21H15Cl3N4O/c1-11-3-6-14(7-4-11)28-19(24)16(12(2)27-28)10-17(23)20-25-18-9-13(22)5-8-15(18)21(29)26-20/h3-10H,1-2H3,(H,25,26,29). The first-order valence-electron chi connectivity index (χ1n) is 8.73. The summed E-state index contributed by atoms with van der Waals surface area (Å²) in [4.78, 5) is 19.5. The first-order chi connectivity index (χ1) is 13.8. The molecule has 0 spiro atoms. The van der Waals surface area contributed by atoms with Crippen LogP contribution in [0.2, 0.25) is 10.2 Å². The average Bonchev–Trinajstić information content (AvgIpc) is 2.96. The van der Waals surface area contributed by atoms with E-state index in [4.69, 9.17) is 34.8 Å². The van der Waals surface area contributed by atoms with Crippen molar-refractivity contribution in [3.05, 3.63) is 85.6 Å². The zero-order chi connectivity index (χ0) is 20.7. The maximum Gasteiger partial charge on any atom is 0.259 e. The molecule has 2 aromatic carbocycles. The molecule has 2 heterocycles. The number of aromatic nitrogens is 4. The summed E-state index contributed by atoms with van der Waals surface area (Å²) in [6.07, 6.45) is 1.64. The number of aryl methyl sites for hydroxylation is 2. The van der Waals surface area contributed by atoms with Crippen LogP contribution in [0.15, 0.2) is 47.3 Å². The van der Waals surface area contributed by atoms with Crippen LogP contribution in [0.1, 0.15) is 22.6 Å². The Hall–Kier alpha value is -2.60. The lowest BCUT2D eigenvalue weighted by Crippen LogP contribution is -2.10. The fourth-order valence-corrected chi connectivity index (χ4v) is 3.64. The summed E-state index contributed by atoms with van der Waals surface area (Å²) >= 11 is 19.1. The maximum absolute atomic E-state index is 12.4. The van der Waals surface area contributed by atoms with Gasteiger partial charge in [0.15, 0.2) is 5.82 Å². The lowest BCUT2D eigenvalue weighted by molar-refractivity contribution is 0.863. The molecular formula is C21H15Cl3N4O. The minimum Gasteiger partial charge on any atom is -0.305 e. The second-order valence-electron chi connectivity index (χ2n) is 6.61. The monoisotopic (exact) mass is 444 g/mol. The van der Waals surface area contributed by atoms with Gasteiger partial charge < -0.3 is 4.98 Å². The number of H-pyrrole nitrogens is 1. The van der Waals surface area contributed by atoms with E-state index in [0.29, 0.717) is 32.3 Å². The fourth-order valence-electron chi connectivity index (χ4n) is 2.95. The highest BCUT2D eigenvalue weighted by molar-refractivity contribution is 6.51. The molecule has 4 aromatic rings. The van der Waals surface area contributed by atoms with Crippen molar-refractivity contribution in [3.63, 3.8) is 0 Å². The number of hydrogen-bond acceptors (Lipinski definition) is 3. The summed E-state index contributed by atoms with van der Waals surface area (Å²) < 4.78 is 1.64. The van der Waals surface area contributed by atoms with Gasteiger partial charge in [0.25, 0.3) is 5.56 Å². The molecule has 0 amide bonds. The first-order valence-corrected chi connectivity index (χ1v) is 9.86. The van der Waals surface area contributed by atoms with Gasteiger partial charge in [0, 0.05) is 10.6 Å². The van der Waals surface area contributed by atoms with Crippen molar-refractivity contribution in [3.8, 4) is 5.69 Å². The molecule has 29 heavy (non-hydrogen) atoms. The molecule has 0 unspecified atom stereocenters. The Labute approximate surface area is 181 Å². The van der Waals surface area contributed by atoms with E-state index in [1.54, 1.807) is 29.0 Å². The number of hydrogen-bond donors (Lipinski definition) is 1. The molecule has 0 saturated heterocycles. The van der Waals surface area contributed by atoms with E-state index in [-0.39, 0.29) is 16.4 Å². The van der Waals surface area contributed by atoms with E-state index >= 15 is 0 Å². The number of nitrogens with one attached hydrogen (secondary N) is 1. The first kappa shape index (κ1) is 19.7. The van der Waals surface area contributed by atoms with Crippen molar-refractivity contribution >= 4 is 56.8 Å². The van der Waals surface area contributed by atoms with E-state index in [1.807, 2.05) is 38.1 Å². The highest BCUT2D eigenvalue weighted by Crippen LogP contribution is 2.29. The number of benzene rings is 2. The maximum atomic E-state index is 12.4. The molecule has 0 radical (unpaired) electrons. The highest BCUT2D eigenvalue weighted by Gasteiger charge is 2.15. The van der Waals surface area contributed by atoms with Gasteiger partial charge in [-0.05, 0) is 50.3 Å². The Bertz CT molecular complexity index is 1320. The van der Waals surface area contributed by atoms with Crippen molar-refractivity contribution in [1.82, 2.24) is 19.7 Å². The predicted octanol–water partition coefficient (Wildman–Crippen LogP) is 5.77. The normalized spacial score (nSPS) is 12.0. The molecule has 1 N–H and O–H groups in total. The summed E-state index contributed by atoms with van der Waals surface area (Å²) in [7, 11) is 0. The number of halogens is 3. The van der Waals surface area contributed by atoms with Crippen LogP contribution < -0.4 is 5.56 Å². The smallest absolute Gasteiger partial charge is 0.259 e. The van der Waals surface area contributed by atoms with Gasteiger partial charge in [0.2, 0.25) is 0 Å². The number of aromatic amines is 1. The van der Waals surface area contributed by atoms with Crippen molar-refractivity contribution in [2.45, 2.75) is 13.8 Å². The molecule has 0 aliphatic carbocycles. The van der Waals surface area contributed by atoms with E-state index in [1.165, 1.54) is 0 Å². The quantitative estimate of drug-likeness (QED) is 0.435. The zero-order valence-corrected chi connectivity index (χ0v) is 17.8. The summed E-state index contributed by atoms with van der Waals surface area (Å²) in [6, 6.07) is 12.7. The molecule has 0 aliphatic heterocycles. The van der Waals surface area contributed by atoms with Gasteiger partial charge in [0.05, 0.1) is 27.3 Å². The predicted molar refractivity (Wildman–Crippen MR) is 119 cm³/mol. The SMILES string of the molecule is Cc1ccc(-n2nc(C)c(C=C(Cl)c3nc4cc(Cl)ccc4c(=O)[nH]3)c2Cl)cc1. The van der Waals surface area contributed by atoms with Gasteiger partial charge in [-0.15, -0.1) is 0 Å². The van der Waals surface area contributed by atoms with Gasteiger partial charge in [0.1, 0.15) is 5.15 Å². The summed E-state index contributed by atoms with van der Waals surface area (Å²) in [6.45, 7) is 3.85. The molecule has 4 rings (SSSR count). The van der Waals surface area contributed by atoms with Gasteiger partial charge in [-0.1, -0.05) is 52.5 Å². The van der Waals surface area contributed by atoms with E-state index in [2.05, 4.69) is 15.1 Å². The number of fused-ring (bicyclic) bond motifs is 1. The Morgan fingerprint density at radius 1 is 1.10 bits per heavy atom. The molecule has 2 aromatic heterocycles. The Morgan fingerprint density at radius 2 is 1.83 bits per heavy atom. The lowest BCUT2D eigenvalue weighted by atomic mass is 10.2. The second-order valence-corrected chi connectivity index (χ2v) is 7.81. The van der Waals surface area contributed by atoms with Crippen LogP contribution in [0.25, 0.3) is 27.7 Å². The third kappa shape index (κ3) is 3.81. The van der Waals surface area contributed by atoms with E-state index < -0.39 is 0 Å². The summed E-state index contributed by atoms with van der Waals surface area (Å²) in [5, 5.41) is 6.07. The molecule has 146 valence electrons. The molecule has 0 aliphatic rings. The van der Waals surface area contributed by atoms with Gasteiger partial charge >= 0.3 is 0 Å². The second kappa shape index (κ2) is 7.67.